The first-order valence-corrected chi connectivity index (χ1v) is 10.6. The molecule has 1 atom stereocenters. The Bertz CT molecular complexity index is 1010. The average Bonchev–Trinajstić information content (AvgIpc) is 3.22. The zero-order chi connectivity index (χ0) is 18.1. The van der Waals surface area contributed by atoms with Gasteiger partial charge in [0.15, 0.2) is 0 Å². The van der Waals surface area contributed by atoms with Gasteiger partial charge in [-0.15, -0.1) is 0 Å². The number of nitrogens with zero attached hydrogens (tertiary/aromatic N) is 3. The van der Waals surface area contributed by atoms with Crippen LogP contribution in [0.4, 0.5) is 0 Å². The van der Waals surface area contributed by atoms with E-state index in [4.69, 9.17) is 0 Å². The number of fused-ring (bicyclic) bond motifs is 2. The summed E-state index contributed by atoms with van der Waals surface area (Å²) in [6.07, 6.45) is 5.70. The quantitative estimate of drug-likeness (QED) is 0.691. The average molecular weight is 373 g/mol. The van der Waals surface area contributed by atoms with Crippen LogP contribution in [0.25, 0.3) is 10.9 Å². The molecule has 0 radical (unpaired) electrons. The zero-order valence-corrected chi connectivity index (χ0v) is 15.5. The highest BCUT2D eigenvalue weighted by molar-refractivity contribution is 7.88. The van der Waals surface area contributed by atoms with Crippen LogP contribution in [0, 0.1) is 0 Å². The van der Waals surface area contributed by atoms with E-state index in [1.54, 1.807) is 0 Å². The maximum absolute atomic E-state index is 11.3. The molecular weight excluding hydrogens is 350 g/mol. The predicted octanol–water partition coefficient (Wildman–Crippen LogP) is 1.86. The monoisotopic (exact) mass is 373 g/mol. The molecule has 2 aromatic heterocycles. The largest absolute Gasteiger partial charge is 0.361 e. The van der Waals surface area contributed by atoms with Crippen LogP contribution in [0.5, 0.6) is 0 Å². The number of aromatic amines is 1. The van der Waals surface area contributed by atoms with Gasteiger partial charge in [0.25, 0.3) is 0 Å². The van der Waals surface area contributed by atoms with Gasteiger partial charge in [-0.1, -0.05) is 12.1 Å². The third-order valence-corrected chi connectivity index (χ3v) is 5.60. The van der Waals surface area contributed by atoms with Crippen LogP contribution >= 0.6 is 0 Å². The molecule has 1 aliphatic rings. The highest BCUT2D eigenvalue weighted by atomic mass is 32.2. The maximum Gasteiger partial charge on any atom is 0.208 e. The Morgan fingerprint density at radius 3 is 3.04 bits per heavy atom. The summed E-state index contributed by atoms with van der Waals surface area (Å²) < 4.78 is 27.3. The lowest BCUT2D eigenvalue weighted by Gasteiger charge is -2.34. The van der Waals surface area contributed by atoms with Crippen LogP contribution in [0.2, 0.25) is 0 Å². The SMILES string of the molecule is CS(=O)(=O)NCC[C@@H]1CN(Cc2cccc3[nH]ccc23)Cc2ccnn21. The molecule has 1 aromatic carbocycles. The molecule has 138 valence electrons. The molecule has 0 spiro atoms. The van der Waals surface area contributed by atoms with Crippen molar-refractivity contribution in [1.82, 2.24) is 24.4 Å². The van der Waals surface area contributed by atoms with Gasteiger partial charge in [0.05, 0.1) is 18.0 Å². The molecular formula is C18H23N5O2S. The van der Waals surface area contributed by atoms with E-state index in [0.29, 0.717) is 13.0 Å². The van der Waals surface area contributed by atoms with Crippen molar-refractivity contribution >= 4 is 20.9 Å². The van der Waals surface area contributed by atoms with Crippen molar-refractivity contribution in [2.75, 3.05) is 19.3 Å². The fourth-order valence-electron chi connectivity index (χ4n) is 3.74. The minimum atomic E-state index is -3.17. The molecule has 26 heavy (non-hydrogen) atoms. The van der Waals surface area contributed by atoms with E-state index in [-0.39, 0.29) is 6.04 Å². The van der Waals surface area contributed by atoms with E-state index in [9.17, 15) is 8.42 Å². The van der Waals surface area contributed by atoms with Gasteiger partial charge in [-0.2, -0.15) is 5.10 Å². The Labute approximate surface area is 153 Å². The Morgan fingerprint density at radius 1 is 1.31 bits per heavy atom. The van der Waals surface area contributed by atoms with Gasteiger partial charge in [0.2, 0.25) is 10.0 Å². The fraction of sp³-hybridized carbons (Fsp3) is 0.389. The van der Waals surface area contributed by atoms with Crippen molar-refractivity contribution in [2.45, 2.75) is 25.6 Å². The Kier molecular flexibility index (Phi) is 4.56. The summed E-state index contributed by atoms with van der Waals surface area (Å²) in [4.78, 5) is 5.67. The van der Waals surface area contributed by atoms with Gasteiger partial charge in [0, 0.05) is 49.5 Å². The summed E-state index contributed by atoms with van der Waals surface area (Å²) >= 11 is 0. The first-order chi connectivity index (χ1) is 12.5. The van der Waals surface area contributed by atoms with Crippen molar-refractivity contribution in [3.05, 3.63) is 54.0 Å². The van der Waals surface area contributed by atoms with Gasteiger partial charge >= 0.3 is 0 Å². The highest BCUT2D eigenvalue weighted by Gasteiger charge is 2.25. The van der Waals surface area contributed by atoms with E-state index in [2.05, 4.69) is 44.0 Å². The summed E-state index contributed by atoms with van der Waals surface area (Å²) in [6.45, 7) is 2.97. The van der Waals surface area contributed by atoms with Crippen LogP contribution < -0.4 is 4.72 Å². The summed E-state index contributed by atoms with van der Waals surface area (Å²) in [5.41, 5.74) is 3.62. The van der Waals surface area contributed by atoms with Crippen LogP contribution in [0.3, 0.4) is 0 Å². The Balaban J connectivity index is 1.51. The molecule has 0 saturated heterocycles. The lowest BCUT2D eigenvalue weighted by atomic mass is 10.1. The van der Waals surface area contributed by atoms with Gasteiger partial charge in [-0.05, 0) is 30.2 Å². The van der Waals surface area contributed by atoms with Crippen LogP contribution in [0.1, 0.15) is 23.7 Å². The molecule has 2 N–H and O–H groups in total. The van der Waals surface area contributed by atoms with E-state index in [1.807, 2.05) is 23.1 Å². The Hall–Kier alpha value is -2.16. The summed E-state index contributed by atoms with van der Waals surface area (Å²) in [6, 6.07) is 10.7. The number of hydrogen-bond acceptors (Lipinski definition) is 4. The number of sulfonamides is 1. The van der Waals surface area contributed by atoms with E-state index < -0.39 is 10.0 Å². The first kappa shape index (κ1) is 17.3. The van der Waals surface area contributed by atoms with Gasteiger partial charge in [-0.25, -0.2) is 13.1 Å². The third-order valence-electron chi connectivity index (χ3n) is 4.87. The molecule has 0 saturated carbocycles. The molecule has 0 amide bonds. The molecule has 1 aliphatic heterocycles. The minimum absolute atomic E-state index is 0.161. The molecule has 3 aromatic rings. The predicted molar refractivity (Wildman–Crippen MR) is 101 cm³/mol. The summed E-state index contributed by atoms with van der Waals surface area (Å²) in [7, 11) is -3.17. The topological polar surface area (TPSA) is 83.0 Å². The van der Waals surface area contributed by atoms with Crippen molar-refractivity contribution in [2.24, 2.45) is 0 Å². The number of rotatable bonds is 6. The lowest BCUT2D eigenvalue weighted by Crippen LogP contribution is -2.38. The molecule has 4 rings (SSSR count). The molecule has 7 nitrogen and oxygen atoms in total. The smallest absolute Gasteiger partial charge is 0.208 e. The minimum Gasteiger partial charge on any atom is -0.361 e. The standard InChI is InChI=1S/C18H23N5O2S/c1-26(24,25)21-10-6-16-13-22(12-15-5-9-20-23(15)16)11-14-3-2-4-18-17(14)7-8-19-18/h2-5,7-9,16,19,21H,6,10-13H2,1H3/t16-/m1/s1. The van der Waals surface area contributed by atoms with Crippen LogP contribution in [-0.2, 0) is 23.1 Å². The van der Waals surface area contributed by atoms with Crippen LogP contribution in [0.15, 0.2) is 42.7 Å². The molecule has 0 unspecified atom stereocenters. The second kappa shape index (κ2) is 6.86. The second-order valence-electron chi connectivity index (χ2n) is 6.90. The van der Waals surface area contributed by atoms with Crippen molar-refractivity contribution in [3.8, 4) is 0 Å². The van der Waals surface area contributed by atoms with Crippen molar-refractivity contribution < 1.29 is 8.42 Å². The lowest BCUT2D eigenvalue weighted by molar-refractivity contribution is 0.162. The number of nitrogens with one attached hydrogen (secondary N) is 2. The third kappa shape index (κ3) is 3.67. The maximum atomic E-state index is 11.3. The molecule has 8 heteroatoms. The van der Waals surface area contributed by atoms with Gasteiger partial charge in [-0.3, -0.25) is 9.58 Å². The number of H-pyrrole nitrogens is 1. The summed E-state index contributed by atoms with van der Waals surface area (Å²) in [5, 5.41) is 5.70. The van der Waals surface area contributed by atoms with Crippen molar-refractivity contribution in [1.29, 1.82) is 0 Å². The number of aromatic nitrogens is 3. The molecule has 0 fully saturated rings. The van der Waals surface area contributed by atoms with E-state index >= 15 is 0 Å². The molecule has 3 heterocycles. The molecule has 0 bridgehead atoms. The fourth-order valence-corrected chi connectivity index (χ4v) is 4.23. The number of benzene rings is 1. The van der Waals surface area contributed by atoms with E-state index in [1.165, 1.54) is 22.9 Å². The van der Waals surface area contributed by atoms with Crippen molar-refractivity contribution in [3.63, 3.8) is 0 Å². The number of hydrogen-bond donors (Lipinski definition) is 2. The van der Waals surface area contributed by atoms with Gasteiger partial charge < -0.3 is 4.98 Å². The normalized spacial score (nSPS) is 18.3. The first-order valence-electron chi connectivity index (χ1n) is 8.74. The van der Waals surface area contributed by atoms with Crippen LogP contribution in [-0.4, -0.2) is 47.4 Å². The second-order valence-corrected chi connectivity index (χ2v) is 8.73. The Morgan fingerprint density at radius 2 is 2.19 bits per heavy atom. The van der Waals surface area contributed by atoms with Gasteiger partial charge in [0.1, 0.15) is 0 Å². The molecule has 0 aliphatic carbocycles. The highest BCUT2D eigenvalue weighted by Crippen LogP contribution is 2.26. The zero-order valence-electron chi connectivity index (χ0n) is 14.7. The summed E-state index contributed by atoms with van der Waals surface area (Å²) in [5.74, 6) is 0. The van der Waals surface area contributed by atoms with E-state index in [0.717, 1.165) is 25.2 Å².